The van der Waals surface area contributed by atoms with Crippen molar-refractivity contribution in [1.82, 2.24) is 10.2 Å². The van der Waals surface area contributed by atoms with Crippen LogP contribution >= 0.6 is 31.9 Å². The Morgan fingerprint density at radius 1 is 1.50 bits per heavy atom. The van der Waals surface area contributed by atoms with Crippen LogP contribution in [0.15, 0.2) is 32.7 Å². The second-order valence-electron chi connectivity index (χ2n) is 4.74. The summed E-state index contributed by atoms with van der Waals surface area (Å²) in [6.45, 7) is 2.20. The molecule has 1 heterocycles. The first kappa shape index (κ1) is 16.8. The standard InChI is InChI=1S/C14H15Br2N3O3/c1-7-6-19(13(18-2)11(5-17)22-7)14(21)8-3-9(15)12(20)10(16)4-8/h3-5,7,17-18,20H,6H2,1-2H3/t7-/m1/s1. The average Bonchev–Trinajstić information content (AvgIpc) is 2.50. The van der Waals surface area contributed by atoms with E-state index in [1.807, 2.05) is 6.92 Å². The Labute approximate surface area is 144 Å². The maximum Gasteiger partial charge on any atom is 0.259 e. The normalized spacial score (nSPS) is 18.0. The molecular formula is C14H15Br2N3O3. The molecule has 0 bridgehead atoms. The fraction of sp³-hybridized carbons (Fsp3) is 0.286. The molecule has 1 aromatic rings. The molecule has 0 aromatic heterocycles. The van der Waals surface area contributed by atoms with Crippen molar-refractivity contribution in [2.45, 2.75) is 13.0 Å². The number of hydrogen-bond donors (Lipinski definition) is 3. The summed E-state index contributed by atoms with van der Waals surface area (Å²) in [5.41, 5.74) is 0.405. The van der Waals surface area contributed by atoms with Gasteiger partial charge in [-0.05, 0) is 50.9 Å². The molecule has 118 valence electrons. The van der Waals surface area contributed by atoms with Crippen molar-refractivity contribution in [2.75, 3.05) is 13.6 Å². The van der Waals surface area contributed by atoms with E-state index >= 15 is 0 Å². The SMILES string of the molecule is CNC1=C(C=N)O[C@H](C)CN1C(=O)c1cc(Br)c(O)c(Br)c1. The Bertz CT molecular complexity index is 638. The van der Waals surface area contributed by atoms with E-state index in [0.29, 0.717) is 32.6 Å². The zero-order valence-corrected chi connectivity index (χ0v) is 15.2. The van der Waals surface area contributed by atoms with E-state index in [9.17, 15) is 9.90 Å². The summed E-state index contributed by atoms with van der Waals surface area (Å²) in [5, 5.41) is 20.1. The summed E-state index contributed by atoms with van der Waals surface area (Å²) in [6.07, 6.45) is 0.853. The van der Waals surface area contributed by atoms with Gasteiger partial charge < -0.3 is 20.6 Å². The quantitative estimate of drug-likeness (QED) is 0.641. The van der Waals surface area contributed by atoms with Crippen molar-refractivity contribution >= 4 is 44.0 Å². The van der Waals surface area contributed by atoms with E-state index < -0.39 is 0 Å². The van der Waals surface area contributed by atoms with Crippen molar-refractivity contribution in [3.05, 3.63) is 38.2 Å². The van der Waals surface area contributed by atoms with Crippen LogP contribution in [0.3, 0.4) is 0 Å². The van der Waals surface area contributed by atoms with Crippen LogP contribution in [-0.2, 0) is 4.74 Å². The second-order valence-corrected chi connectivity index (χ2v) is 6.45. The van der Waals surface area contributed by atoms with Crippen LogP contribution in [0.2, 0.25) is 0 Å². The van der Waals surface area contributed by atoms with Crippen LogP contribution in [0.5, 0.6) is 5.75 Å². The number of carbonyl (C=O) groups is 1. The number of phenols is 1. The van der Waals surface area contributed by atoms with E-state index in [0.717, 1.165) is 6.21 Å². The Balaban J connectivity index is 2.45. The summed E-state index contributed by atoms with van der Waals surface area (Å²) in [5.74, 6) is 0.543. The molecule has 3 N–H and O–H groups in total. The van der Waals surface area contributed by atoms with Gasteiger partial charge in [-0.15, -0.1) is 0 Å². The lowest BCUT2D eigenvalue weighted by atomic mass is 10.1. The lowest BCUT2D eigenvalue weighted by molar-refractivity contribution is 0.0496. The molecule has 22 heavy (non-hydrogen) atoms. The summed E-state index contributed by atoms with van der Waals surface area (Å²) < 4.78 is 6.39. The molecule has 2 rings (SSSR count). The van der Waals surface area contributed by atoms with Crippen molar-refractivity contribution in [2.24, 2.45) is 0 Å². The zero-order chi connectivity index (χ0) is 16.4. The Kier molecular flexibility index (Phi) is 5.12. The number of halogens is 2. The number of phenolic OH excluding ortho intramolecular Hbond substituents is 1. The first-order chi connectivity index (χ1) is 10.4. The molecule has 1 aromatic carbocycles. The first-order valence-corrected chi connectivity index (χ1v) is 8.06. The van der Waals surface area contributed by atoms with Gasteiger partial charge in [0.1, 0.15) is 11.9 Å². The lowest BCUT2D eigenvalue weighted by Crippen LogP contribution is -2.45. The number of benzene rings is 1. The fourth-order valence-corrected chi connectivity index (χ4v) is 3.37. The minimum Gasteiger partial charge on any atom is -0.506 e. The van der Waals surface area contributed by atoms with Crippen molar-refractivity contribution in [1.29, 1.82) is 5.41 Å². The number of aromatic hydroxyl groups is 1. The molecule has 0 spiro atoms. The van der Waals surface area contributed by atoms with Gasteiger partial charge in [0.25, 0.3) is 5.91 Å². The summed E-state index contributed by atoms with van der Waals surface area (Å²) in [4.78, 5) is 14.3. The molecule has 0 saturated heterocycles. The maximum atomic E-state index is 12.8. The number of hydrogen-bond acceptors (Lipinski definition) is 5. The Morgan fingerprint density at radius 2 is 2.09 bits per heavy atom. The van der Waals surface area contributed by atoms with Gasteiger partial charge in [0.2, 0.25) is 0 Å². The number of nitrogens with zero attached hydrogens (tertiary/aromatic N) is 1. The van der Waals surface area contributed by atoms with Gasteiger partial charge >= 0.3 is 0 Å². The van der Waals surface area contributed by atoms with Gasteiger partial charge in [-0.3, -0.25) is 9.69 Å². The number of nitrogens with one attached hydrogen (secondary N) is 2. The van der Waals surface area contributed by atoms with Gasteiger partial charge in [-0.25, -0.2) is 0 Å². The molecule has 0 aliphatic carbocycles. The number of carbonyl (C=O) groups excluding carboxylic acids is 1. The van der Waals surface area contributed by atoms with Gasteiger partial charge in [-0.1, -0.05) is 0 Å². The zero-order valence-electron chi connectivity index (χ0n) is 12.0. The third-order valence-corrected chi connectivity index (χ3v) is 4.36. The molecule has 0 radical (unpaired) electrons. The van der Waals surface area contributed by atoms with E-state index in [4.69, 9.17) is 10.1 Å². The van der Waals surface area contributed by atoms with Crippen LogP contribution in [0, 0.1) is 5.41 Å². The fourth-order valence-electron chi connectivity index (χ4n) is 2.18. The Hall–Kier alpha value is -1.54. The maximum absolute atomic E-state index is 12.8. The molecule has 1 amide bonds. The van der Waals surface area contributed by atoms with Gasteiger partial charge in [0.15, 0.2) is 11.6 Å². The highest BCUT2D eigenvalue weighted by Gasteiger charge is 2.30. The summed E-state index contributed by atoms with van der Waals surface area (Å²) in [7, 11) is 1.67. The van der Waals surface area contributed by atoms with Gasteiger partial charge in [0, 0.05) is 12.6 Å². The summed E-state index contributed by atoms with van der Waals surface area (Å²) >= 11 is 6.44. The number of amides is 1. The van der Waals surface area contributed by atoms with E-state index in [1.165, 1.54) is 4.90 Å². The monoisotopic (exact) mass is 431 g/mol. The number of allylic oxidation sites excluding steroid dienone is 1. The predicted molar refractivity (Wildman–Crippen MR) is 90.0 cm³/mol. The highest BCUT2D eigenvalue weighted by Crippen LogP contribution is 2.34. The van der Waals surface area contributed by atoms with E-state index in [-0.39, 0.29) is 17.8 Å². The van der Waals surface area contributed by atoms with Crippen LogP contribution in [0.1, 0.15) is 17.3 Å². The largest absolute Gasteiger partial charge is 0.506 e. The molecule has 1 atom stereocenters. The minimum atomic E-state index is -0.250. The van der Waals surface area contributed by atoms with Crippen molar-refractivity contribution in [3.8, 4) is 5.75 Å². The van der Waals surface area contributed by atoms with Crippen LogP contribution in [-0.4, -0.2) is 41.8 Å². The van der Waals surface area contributed by atoms with E-state index in [2.05, 4.69) is 37.2 Å². The van der Waals surface area contributed by atoms with Crippen LogP contribution in [0.25, 0.3) is 0 Å². The summed E-state index contributed by atoms with van der Waals surface area (Å²) in [6, 6.07) is 3.11. The second kappa shape index (κ2) is 6.70. The molecule has 6 nitrogen and oxygen atoms in total. The molecule has 1 aliphatic rings. The number of ether oxygens (including phenoxy) is 1. The average molecular weight is 433 g/mol. The molecule has 0 fully saturated rings. The highest BCUT2D eigenvalue weighted by molar-refractivity contribution is 9.11. The highest BCUT2D eigenvalue weighted by atomic mass is 79.9. The Morgan fingerprint density at radius 3 is 2.59 bits per heavy atom. The topological polar surface area (TPSA) is 85.7 Å². The smallest absolute Gasteiger partial charge is 0.259 e. The molecule has 0 saturated carbocycles. The predicted octanol–water partition coefficient (Wildman–Crippen LogP) is 2.82. The third kappa shape index (κ3) is 3.12. The third-order valence-electron chi connectivity index (χ3n) is 3.15. The van der Waals surface area contributed by atoms with Crippen molar-refractivity contribution < 1.29 is 14.6 Å². The van der Waals surface area contributed by atoms with Crippen LogP contribution in [0.4, 0.5) is 0 Å². The molecular weight excluding hydrogens is 418 g/mol. The molecule has 0 unspecified atom stereocenters. The molecule has 1 aliphatic heterocycles. The minimum absolute atomic E-state index is 0.0384. The first-order valence-electron chi connectivity index (χ1n) is 6.48. The molecule has 8 heteroatoms. The lowest BCUT2D eigenvalue weighted by Gasteiger charge is -2.34. The number of rotatable bonds is 3. The van der Waals surface area contributed by atoms with Gasteiger partial charge in [-0.2, -0.15) is 0 Å². The van der Waals surface area contributed by atoms with Gasteiger partial charge in [0.05, 0.1) is 21.7 Å². The van der Waals surface area contributed by atoms with E-state index in [1.54, 1.807) is 19.2 Å². The van der Waals surface area contributed by atoms with Crippen LogP contribution < -0.4 is 5.32 Å². The van der Waals surface area contributed by atoms with Crippen molar-refractivity contribution in [3.63, 3.8) is 0 Å².